The Morgan fingerprint density at radius 3 is 2.16 bits per heavy atom. The molecule has 6 heteroatoms. The van der Waals surface area contributed by atoms with Crippen LogP contribution in [0.4, 0.5) is 13.2 Å². The van der Waals surface area contributed by atoms with Crippen molar-refractivity contribution in [2.75, 3.05) is 0 Å². The maximum absolute atomic E-state index is 12.4. The SMILES string of the molecule is CC(C)C(NCc1ccc(C(F)(F)F)cc1)C(=O)O. The van der Waals surface area contributed by atoms with Crippen molar-refractivity contribution in [1.29, 1.82) is 0 Å². The second kappa shape index (κ2) is 6.06. The summed E-state index contributed by atoms with van der Waals surface area (Å²) in [6.07, 6.45) is -4.35. The van der Waals surface area contributed by atoms with E-state index in [4.69, 9.17) is 5.11 Å². The first-order chi connectivity index (χ1) is 8.71. The molecule has 0 aliphatic rings. The van der Waals surface area contributed by atoms with Gasteiger partial charge in [-0.3, -0.25) is 4.79 Å². The summed E-state index contributed by atoms with van der Waals surface area (Å²) in [6, 6.07) is 3.94. The number of aliphatic carboxylic acids is 1. The number of carbonyl (C=O) groups is 1. The lowest BCUT2D eigenvalue weighted by molar-refractivity contribution is -0.140. The van der Waals surface area contributed by atoms with E-state index in [9.17, 15) is 18.0 Å². The maximum atomic E-state index is 12.4. The molecule has 0 radical (unpaired) electrons. The van der Waals surface area contributed by atoms with Crippen LogP contribution >= 0.6 is 0 Å². The molecule has 19 heavy (non-hydrogen) atoms. The minimum Gasteiger partial charge on any atom is -0.480 e. The van der Waals surface area contributed by atoms with Crippen molar-refractivity contribution in [1.82, 2.24) is 5.32 Å². The Balaban J connectivity index is 2.66. The fourth-order valence-electron chi connectivity index (χ4n) is 1.65. The molecular weight excluding hydrogens is 259 g/mol. The van der Waals surface area contributed by atoms with Crippen molar-refractivity contribution in [3.05, 3.63) is 35.4 Å². The van der Waals surface area contributed by atoms with Crippen LogP contribution in [0.2, 0.25) is 0 Å². The van der Waals surface area contributed by atoms with Gasteiger partial charge in [0.25, 0.3) is 0 Å². The fourth-order valence-corrected chi connectivity index (χ4v) is 1.65. The topological polar surface area (TPSA) is 49.3 Å². The first kappa shape index (κ1) is 15.5. The van der Waals surface area contributed by atoms with Crippen LogP contribution in [-0.2, 0) is 17.5 Å². The summed E-state index contributed by atoms with van der Waals surface area (Å²) in [5.41, 5.74) is -0.102. The van der Waals surface area contributed by atoms with E-state index in [1.807, 2.05) is 0 Å². The number of rotatable bonds is 5. The minimum absolute atomic E-state index is 0.105. The largest absolute Gasteiger partial charge is 0.480 e. The number of hydrogen-bond donors (Lipinski definition) is 2. The number of nitrogens with one attached hydrogen (secondary N) is 1. The molecule has 0 aliphatic carbocycles. The molecule has 1 atom stereocenters. The van der Waals surface area contributed by atoms with E-state index in [2.05, 4.69) is 5.32 Å². The molecule has 1 unspecified atom stereocenters. The Morgan fingerprint density at radius 1 is 1.26 bits per heavy atom. The summed E-state index contributed by atoms with van der Waals surface area (Å²) in [6.45, 7) is 3.74. The molecule has 1 rings (SSSR count). The molecule has 106 valence electrons. The van der Waals surface area contributed by atoms with Gasteiger partial charge >= 0.3 is 12.1 Å². The van der Waals surface area contributed by atoms with E-state index in [1.165, 1.54) is 12.1 Å². The average Bonchev–Trinajstić information content (AvgIpc) is 2.27. The molecule has 3 nitrogen and oxygen atoms in total. The molecule has 1 aromatic rings. The molecule has 2 N–H and O–H groups in total. The summed E-state index contributed by atoms with van der Waals surface area (Å²) in [5.74, 6) is -1.08. The van der Waals surface area contributed by atoms with Crippen LogP contribution in [0.25, 0.3) is 0 Å². The first-order valence-corrected chi connectivity index (χ1v) is 5.84. The van der Waals surface area contributed by atoms with Crippen LogP contribution in [0.1, 0.15) is 25.0 Å². The first-order valence-electron chi connectivity index (χ1n) is 5.84. The molecule has 0 spiro atoms. The predicted octanol–water partition coefficient (Wildman–Crippen LogP) is 2.90. The van der Waals surface area contributed by atoms with Crippen LogP contribution in [0, 0.1) is 5.92 Å². The zero-order chi connectivity index (χ0) is 14.6. The van der Waals surface area contributed by atoms with Crippen LogP contribution in [-0.4, -0.2) is 17.1 Å². The molecule has 0 amide bonds. The van der Waals surface area contributed by atoms with E-state index in [0.29, 0.717) is 5.56 Å². The quantitative estimate of drug-likeness (QED) is 0.868. The smallest absolute Gasteiger partial charge is 0.416 e. The second-order valence-electron chi connectivity index (χ2n) is 4.64. The molecule has 0 aliphatic heterocycles. The van der Waals surface area contributed by atoms with Gasteiger partial charge in [-0.2, -0.15) is 13.2 Å². The molecule has 0 saturated heterocycles. The van der Waals surface area contributed by atoms with Gasteiger partial charge in [0.05, 0.1) is 5.56 Å². The maximum Gasteiger partial charge on any atom is 0.416 e. The normalized spacial score (nSPS) is 13.6. The molecule has 1 aromatic carbocycles. The van der Waals surface area contributed by atoms with Crippen molar-refractivity contribution < 1.29 is 23.1 Å². The fraction of sp³-hybridized carbons (Fsp3) is 0.462. The summed E-state index contributed by atoms with van der Waals surface area (Å²) in [5, 5.41) is 11.8. The molecule has 0 aromatic heterocycles. The number of benzene rings is 1. The third-order valence-corrected chi connectivity index (χ3v) is 2.74. The van der Waals surface area contributed by atoms with Gasteiger partial charge in [0, 0.05) is 6.54 Å². The molecule has 0 fully saturated rings. The van der Waals surface area contributed by atoms with Crippen molar-refractivity contribution in [3.63, 3.8) is 0 Å². The third kappa shape index (κ3) is 4.55. The minimum atomic E-state index is -4.35. The highest BCUT2D eigenvalue weighted by Crippen LogP contribution is 2.29. The van der Waals surface area contributed by atoms with Gasteiger partial charge in [-0.05, 0) is 23.6 Å². The van der Waals surface area contributed by atoms with Crippen LogP contribution < -0.4 is 5.32 Å². The van der Waals surface area contributed by atoms with E-state index < -0.39 is 23.8 Å². The van der Waals surface area contributed by atoms with E-state index >= 15 is 0 Å². The highest BCUT2D eigenvalue weighted by Gasteiger charge is 2.30. The van der Waals surface area contributed by atoms with E-state index in [0.717, 1.165) is 12.1 Å². The monoisotopic (exact) mass is 275 g/mol. The highest BCUT2D eigenvalue weighted by molar-refractivity contribution is 5.73. The Bertz CT molecular complexity index is 427. The van der Waals surface area contributed by atoms with E-state index in [1.54, 1.807) is 13.8 Å². The van der Waals surface area contributed by atoms with Crippen LogP contribution in [0.5, 0.6) is 0 Å². The molecule has 0 bridgehead atoms. The average molecular weight is 275 g/mol. The van der Waals surface area contributed by atoms with Crippen molar-refractivity contribution in [2.24, 2.45) is 5.92 Å². The number of carboxylic acid groups (broad SMARTS) is 1. The number of carboxylic acids is 1. The van der Waals surface area contributed by atoms with Gasteiger partial charge in [0.1, 0.15) is 6.04 Å². The summed E-state index contributed by atoms with van der Waals surface area (Å²) in [7, 11) is 0. The Kier molecular flexibility index (Phi) is 4.94. The lowest BCUT2D eigenvalue weighted by atomic mass is 10.0. The number of hydrogen-bond acceptors (Lipinski definition) is 2. The summed E-state index contributed by atoms with van der Waals surface area (Å²) >= 11 is 0. The predicted molar refractivity (Wildman–Crippen MR) is 64.5 cm³/mol. The van der Waals surface area contributed by atoms with Gasteiger partial charge in [0.15, 0.2) is 0 Å². The molecule has 0 heterocycles. The van der Waals surface area contributed by atoms with Gasteiger partial charge in [0.2, 0.25) is 0 Å². The zero-order valence-electron chi connectivity index (χ0n) is 10.7. The highest BCUT2D eigenvalue weighted by atomic mass is 19.4. The van der Waals surface area contributed by atoms with E-state index in [-0.39, 0.29) is 12.5 Å². The number of alkyl halides is 3. The number of halogens is 3. The van der Waals surface area contributed by atoms with Gasteiger partial charge < -0.3 is 10.4 Å². The third-order valence-electron chi connectivity index (χ3n) is 2.74. The van der Waals surface area contributed by atoms with Crippen LogP contribution in [0.3, 0.4) is 0 Å². The molecular formula is C13H16F3NO2. The van der Waals surface area contributed by atoms with Gasteiger partial charge in [-0.1, -0.05) is 26.0 Å². The zero-order valence-corrected chi connectivity index (χ0v) is 10.7. The van der Waals surface area contributed by atoms with Crippen molar-refractivity contribution in [3.8, 4) is 0 Å². The van der Waals surface area contributed by atoms with Gasteiger partial charge in [-0.25, -0.2) is 0 Å². The summed E-state index contributed by atoms with van der Waals surface area (Å²) < 4.78 is 37.1. The standard InChI is InChI=1S/C13H16F3NO2/c1-8(2)11(12(18)19)17-7-9-3-5-10(6-4-9)13(14,15)16/h3-6,8,11,17H,7H2,1-2H3,(H,18,19). The van der Waals surface area contributed by atoms with Gasteiger partial charge in [-0.15, -0.1) is 0 Å². The Morgan fingerprint density at radius 2 is 1.79 bits per heavy atom. The van der Waals surface area contributed by atoms with Crippen molar-refractivity contribution >= 4 is 5.97 Å². The Labute approximate surface area is 109 Å². The van der Waals surface area contributed by atoms with Crippen LogP contribution in [0.15, 0.2) is 24.3 Å². The Hall–Kier alpha value is -1.56. The molecule has 0 saturated carbocycles. The second-order valence-corrected chi connectivity index (χ2v) is 4.64. The van der Waals surface area contributed by atoms with Crippen molar-refractivity contribution in [2.45, 2.75) is 32.6 Å². The summed E-state index contributed by atoms with van der Waals surface area (Å²) in [4.78, 5) is 10.9. The lowest BCUT2D eigenvalue weighted by Crippen LogP contribution is -2.40. The lowest BCUT2D eigenvalue weighted by Gasteiger charge is -2.18.